The molecule has 0 radical (unpaired) electrons. The first kappa shape index (κ1) is 23.7. The maximum atomic E-state index is 14.2. The fourth-order valence-corrected chi connectivity index (χ4v) is 7.98. The molecule has 0 heterocycles. The molecule has 3 nitrogen and oxygen atoms in total. The Hall–Kier alpha value is -2.97. The molecule has 32 heavy (non-hydrogen) atoms. The molecule has 0 atom stereocenters. The highest BCUT2D eigenvalue weighted by Gasteiger charge is 2.45. The van der Waals surface area contributed by atoms with Crippen molar-refractivity contribution < 1.29 is 13.9 Å². The standard InChI is InChI=1S/C27H29FNO2P/c1-27(2,3)31-26(30)29-20-22(19-28)21-32(23-13-7-4-8-14-23,24-15-9-5-10-16-24)25-17-11-6-12-18-25/h4-19H,20-21H2,1-3H3/p+1. The van der Waals surface area contributed by atoms with E-state index in [2.05, 4.69) is 41.7 Å². The summed E-state index contributed by atoms with van der Waals surface area (Å²) in [5, 5.41) is 6.20. The molecule has 0 spiro atoms. The van der Waals surface area contributed by atoms with Crippen molar-refractivity contribution in [1.29, 1.82) is 0 Å². The van der Waals surface area contributed by atoms with Gasteiger partial charge in [-0.15, -0.1) is 0 Å². The van der Waals surface area contributed by atoms with Crippen LogP contribution in [0, 0.1) is 0 Å². The van der Waals surface area contributed by atoms with Crippen LogP contribution in [0.15, 0.2) is 103 Å². The quantitative estimate of drug-likeness (QED) is 0.492. The fourth-order valence-electron chi connectivity index (χ4n) is 3.70. The van der Waals surface area contributed by atoms with Crippen LogP contribution in [-0.4, -0.2) is 24.4 Å². The molecule has 0 unspecified atom stereocenters. The van der Waals surface area contributed by atoms with E-state index in [9.17, 15) is 9.18 Å². The maximum absolute atomic E-state index is 14.2. The van der Waals surface area contributed by atoms with Gasteiger partial charge in [-0.05, 0) is 57.2 Å². The lowest BCUT2D eigenvalue weighted by molar-refractivity contribution is 0.0532. The van der Waals surface area contributed by atoms with Crippen LogP contribution in [0.1, 0.15) is 20.8 Å². The summed E-state index contributed by atoms with van der Waals surface area (Å²) in [5.41, 5.74) is -0.0980. The van der Waals surface area contributed by atoms with E-state index in [1.165, 1.54) is 0 Å². The van der Waals surface area contributed by atoms with Crippen molar-refractivity contribution in [2.75, 3.05) is 12.7 Å². The van der Waals surface area contributed by atoms with E-state index in [-0.39, 0.29) is 6.54 Å². The monoisotopic (exact) mass is 450 g/mol. The minimum atomic E-state index is -2.23. The average molecular weight is 451 g/mol. The summed E-state index contributed by atoms with van der Waals surface area (Å²) in [7, 11) is -2.23. The number of hydrogen-bond acceptors (Lipinski definition) is 2. The number of nitrogens with one attached hydrogen (secondary N) is 1. The second kappa shape index (κ2) is 10.6. The second-order valence-corrected chi connectivity index (χ2v) is 12.1. The van der Waals surface area contributed by atoms with Gasteiger partial charge in [0.2, 0.25) is 0 Å². The van der Waals surface area contributed by atoms with Crippen LogP contribution in [-0.2, 0) is 4.74 Å². The highest BCUT2D eigenvalue weighted by Crippen LogP contribution is 2.56. The molecule has 0 bridgehead atoms. The third-order valence-corrected chi connectivity index (χ3v) is 9.46. The fraction of sp³-hybridized carbons (Fsp3) is 0.222. The Labute approximate surface area is 190 Å². The Morgan fingerprint density at radius 1 is 0.844 bits per heavy atom. The van der Waals surface area contributed by atoms with Gasteiger partial charge >= 0.3 is 6.09 Å². The summed E-state index contributed by atoms with van der Waals surface area (Å²) in [4.78, 5) is 12.2. The molecular weight excluding hydrogens is 420 g/mol. The van der Waals surface area contributed by atoms with Crippen molar-refractivity contribution in [2.45, 2.75) is 26.4 Å². The molecule has 0 aliphatic heterocycles. The van der Waals surface area contributed by atoms with Gasteiger partial charge < -0.3 is 10.1 Å². The summed E-state index contributed by atoms with van der Waals surface area (Å²) >= 11 is 0. The molecule has 0 aliphatic carbocycles. The Balaban J connectivity index is 2.04. The highest BCUT2D eigenvalue weighted by molar-refractivity contribution is 7.95. The molecule has 0 saturated carbocycles. The van der Waals surface area contributed by atoms with E-state index in [1.54, 1.807) is 20.8 Å². The van der Waals surface area contributed by atoms with E-state index in [0.717, 1.165) is 15.9 Å². The second-order valence-electron chi connectivity index (χ2n) is 8.60. The number of halogens is 1. The zero-order chi connectivity index (χ0) is 23.0. The highest BCUT2D eigenvalue weighted by atomic mass is 31.2. The van der Waals surface area contributed by atoms with Crippen LogP contribution in [0.3, 0.4) is 0 Å². The van der Waals surface area contributed by atoms with Crippen LogP contribution in [0.4, 0.5) is 9.18 Å². The summed E-state index contributed by atoms with van der Waals surface area (Å²) in [6.07, 6.45) is 0.540. The van der Waals surface area contributed by atoms with Crippen LogP contribution in [0.25, 0.3) is 0 Å². The van der Waals surface area contributed by atoms with E-state index in [4.69, 9.17) is 4.74 Å². The molecule has 0 fully saturated rings. The normalized spacial score (nSPS) is 12.3. The van der Waals surface area contributed by atoms with Crippen molar-refractivity contribution >= 4 is 29.3 Å². The minimum absolute atomic E-state index is 0.0830. The Bertz CT molecular complexity index is 935. The van der Waals surface area contributed by atoms with Crippen LogP contribution in [0.2, 0.25) is 0 Å². The van der Waals surface area contributed by atoms with Crippen molar-refractivity contribution in [2.24, 2.45) is 0 Å². The van der Waals surface area contributed by atoms with E-state index in [1.807, 2.05) is 54.6 Å². The third-order valence-electron chi connectivity index (χ3n) is 5.04. The number of carbonyl (C=O) groups excluding carboxylic acids is 1. The molecule has 3 aromatic carbocycles. The first-order chi connectivity index (χ1) is 15.3. The van der Waals surface area contributed by atoms with E-state index < -0.39 is 19.0 Å². The Morgan fingerprint density at radius 3 is 1.59 bits per heavy atom. The van der Waals surface area contributed by atoms with E-state index >= 15 is 0 Å². The zero-order valence-corrected chi connectivity index (χ0v) is 19.7. The Morgan fingerprint density at radius 2 is 1.25 bits per heavy atom. The molecule has 3 rings (SSSR count). The SMILES string of the molecule is CC(C)(C)OC(=O)NCC(=CF)C[P+](c1ccccc1)(c1ccccc1)c1ccccc1. The molecule has 0 saturated heterocycles. The van der Waals surface area contributed by atoms with Gasteiger partial charge in [0.25, 0.3) is 0 Å². The van der Waals surface area contributed by atoms with Crippen LogP contribution in [0.5, 0.6) is 0 Å². The molecule has 0 aromatic heterocycles. The minimum Gasteiger partial charge on any atom is -0.444 e. The van der Waals surface area contributed by atoms with Crippen molar-refractivity contribution in [1.82, 2.24) is 5.32 Å². The maximum Gasteiger partial charge on any atom is 0.407 e. The number of alkyl carbamates (subject to hydrolysis) is 1. The summed E-state index contributed by atoms with van der Waals surface area (Å²) in [5.74, 6) is 0. The predicted molar refractivity (Wildman–Crippen MR) is 133 cm³/mol. The van der Waals surface area contributed by atoms with Crippen molar-refractivity contribution in [3.63, 3.8) is 0 Å². The summed E-state index contributed by atoms with van der Waals surface area (Å²) in [6, 6.07) is 30.8. The largest absolute Gasteiger partial charge is 0.444 e. The number of rotatable bonds is 7. The van der Waals surface area contributed by atoms with Gasteiger partial charge in [-0.25, -0.2) is 9.18 Å². The van der Waals surface area contributed by atoms with E-state index in [0.29, 0.717) is 18.1 Å². The first-order valence-corrected chi connectivity index (χ1v) is 12.6. The lowest BCUT2D eigenvalue weighted by atomic mass is 10.2. The molecule has 3 aromatic rings. The number of benzene rings is 3. The molecular formula is C27H30FNO2P+. The summed E-state index contributed by atoms with van der Waals surface area (Å²) in [6.45, 7) is 5.49. The topological polar surface area (TPSA) is 38.3 Å². The lowest BCUT2D eigenvalue weighted by Crippen LogP contribution is -2.37. The zero-order valence-electron chi connectivity index (χ0n) is 18.8. The smallest absolute Gasteiger partial charge is 0.407 e. The molecule has 166 valence electrons. The molecule has 0 aliphatic rings. The van der Waals surface area contributed by atoms with Gasteiger partial charge in [0.05, 0.1) is 12.5 Å². The van der Waals surface area contributed by atoms with Gasteiger partial charge in [-0.1, -0.05) is 54.6 Å². The number of carbonyl (C=O) groups is 1. The third kappa shape index (κ3) is 5.83. The number of hydrogen-bond donors (Lipinski definition) is 1. The average Bonchev–Trinajstić information content (AvgIpc) is 2.80. The van der Waals surface area contributed by atoms with Gasteiger partial charge in [0.1, 0.15) is 28.8 Å². The number of amides is 1. The van der Waals surface area contributed by atoms with Gasteiger partial charge in [-0.2, -0.15) is 0 Å². The predicted octanol–water partition coefficient (Wildman–Crippen LogP) is 5.36. The lowest BCUT2D eigenvalue weighted by Gasteiger charge is -2.28. The van der Waals surface area contributed by atoms with Gasteiger partial charge in [-0.3, -0.25) is 0 Å². The molecule has 1 amide bonds. The van der Waals surface area contributed by atoms with Gasteiger partial charge in [0.15, 0.2) is 0 Å². The van der Waals surface area contributed by atoms with Crippen LogP contribution < -0.4 is 21.2 Å². The molecule has 1 N–H and O–H groups in total. The molecule has 5 heteroatoms. The van der Waals surface area contributed by atoms with Crippen LogP contribution >= 0.6 is 7.26 Å². The summed E-state index contributed by atoms with van der Waals surface area (Å²) < 4.78 is 19.5. The number of ether oxygens (including phenoxy) is 1. The Kier molecular flexibility index (Phi) is 7.82. The first-order valence-electron chi connectivity index (χ1n) is 10.6. The van der Waals surface area contributed by atoms with Crippen molar-refractivity contribution in [3.05, 3.63) is 103 Å². The van der Waals surface area contributed by atoms with Crippen molar-refractivity contribution in [3.8, 4) is 0 Å². The van der Waals surface area contributed by atoms with Gasteiger partial charge in [0, 0.05) is 12.1 Å².